The van der Waals surface area contributed by atoms with Gasteiger partial charge in [0.1, 0.15) is 5.92 Å². The van der Waals surface area contributed by atoms with E-state index < -0.39 is 0 Å². The smallest absolute Gasteiger partial charge is 0.259 e. The Hall–Kier alpha value is -2.58. The van der Waals surface area contributed by atoms with Crippen molar-refractivity contribution < 1.29 is 9.48 Å². The number of Topliss-reactive ketones (excluding diaryl/α,β-unsaturated/α-hetero) is 1. The highest BCUT2D eigenvalue weighted by atomic mass is 32.1. The highest BCUT2D eigenvalue weighted by molar-refractivity contribution is 7.17. The molecule has 2 aliphatic heterocycles. The molecule has 0 bridgehead atoms. The van der Waals surface area contributed by atoms with Crippen molar-refractivity contribution in [2.45, 2.75) is 25.7 Å². The Kier molecular flexibility index (Phi) is 4.06. The summed E-state index contributed by atoms with van der Waals surface area (Å²) in [6.07, 6.45) is 7.99. The highest BCUT2D eigenvalue weighted by Gasteiger charge is 2.35. The fraction of sp³-hybridized carbons (Fsp3) is 0.400. The number of piperidine rings is 1. The van der Waals surface area contributed by atoms with Crippen LogP contribution in [0.3, 0.4) is 0 Å². The maximum atomic E-state index is 12.9. The van der Waals surface area contributed by atoms with Crippen molar-refractivity contribution >= 4 is 33.9 Å². The third-order valence-electron chi connectivity index (χ3n) is 5.75. The number of rotatable bonds is 2. The van der Waals surface area contributed by atoms with Gasteiger partial charge in [0.2, 0.25) is 0 Å². The predicted octanol–water partition coefficient (Wildman–Crippen LogP) is 1.31. The lowest BCUT2D eigenvalue weighted by molar-refractivity contribution is -0.540. The monoisotopic (exact) mass is 396 g/mol. The van der Waals surface area contributed by atoms with Crippen LogP contribution in [0, 0.1) is 5.92 Å². The van der Waals surface area contributed by atoms with E-state index in [9.17, 15) is 9.59 Å². The number of aromatic nitrogens is 2. The average molecular weight is 396 g/mol. The highest BCUT2D eigenvalue weighted by Crippen LogP contribution is 2.33. The summed E-state index contributed by atoms with van der Waals surface area (Å²) in [5, 5.41) is 3.37. The fourth-order valence-electron chi connectivity index (χ4n) is 4.21. The van der Waals surface area contributed by atoms with E-state index in [4.69, 9.17) is 4.98 Å². The lowest BCUT2D eigenvalue weighted by Crippen LogP contribution is -2.26. The zero-order valence-electron chi connectivity index (χ0n) is 15.9. The average Bonchev–Trinajstić information content (AvgIpc) is 3.29. The van der Waals surface area contributed by atoms with Gasteiger partial charge in [0, 0.05) is 28.3 Å². The molecule has 1 unspecified atom stereocenters. The molecule has 1 saturated heterocycles. The second-order valence-corrected chi connectivity index (χ2v) is 8.68. The first-order valence-electron chi connectivity index (χ1n) is 9.57. The number of hydrogen-bond donors (Lipinski definition) is 2. The summed E-state index contributed by atoms with van der Waals surface area (Å²) in [6.45, 7) is 3.83. The van der Waals surface area contributed by atoms with Crippen molar-refractivity contribution in [3.05, 3.63) is 50.5 Å². The number of nitrogens with one attached hydrogen (secondary N) is 2. The SMILES string of the molecule is CC1=C2N[N+](C)=CC2C=C(c2cc(=O)n3cc(C4CCNCC4)sc3n2)C1=O. The minimum Gasteiger partial charge on any atom is -0.317 e. The van der Waals surface area contributed by atoms with Crippen LogP contribution in [0.15, 0.2) is 34.4 Å². The number of fused-ring (bicyclic) bond motifs is 2. The molecule has 1 aliphatic carbocycles. The molecule has 2 N–H and O–H groups in total. The second kappa shape index (κ2) is 6.49. The molecule has 4 heterocycles. The van der Waals surface area contributed by atoms with E-state index in [1.54, 1.807) is 15.7 Å². The molecule has 0 radical (unpaired) electrons. The topological polar surface area (TPSA) is 78.5 Å². The van der Waals surface area contributed by atoms with Crippen LogP contribution in [-0.4, -0.2) is 46.2 Å². The molecular formula is C20H22N5O2S+. The number of thiazole rings is 1. The van der Waals surface area contributed by atoms with Gasteiger partial charge in [-0.3, -0.25) is 14.0 Å². The molecule has 3 aliphatic rings. The summed E-state index contributed by atoms with van der Waals surface area (Å²) in [4.78, 5) is 32.2. The minimum absolute atomic E-state index is 0.00610. The fourth-order valence-corrected chi connectivity index (χ4v) is 5.37. The largest absolute Gasteiger partial charge is 0.317 e. The summed E-state index contributed by atoms with van der Waals surface area (Å²) >= 11 is 1.56. The van der Waals surface area contributed by atoms with Gasteiger partial charge < -0.3 is 5.32 Å². The van der Waals surface area contributed by atoms with Gasteiger partial charge >= 0.3 is 0 Å². The number of ketones is 1. The summed E-state index contributed by atoms with van der Waals surface area (Å²) in [5.41, 5.74) is 5.61. The molecule has 0 aromatic carbocycles. The number of hydrazone groups is 1. The van der Waals surface area contributed by atoms with Crippen LogP contribution < -0.4 is 16.3 Å². The van der Waals surface area contributed by atoms with Crippen LogP contribution in [0.2, 0.25) is 0 Å². The number of nitrogens with zero attached hydrogens (tertiary/aromatic N) is 3. The van der Waals surface area contributed by atoms with E-state index in [2.05, 4.69) is 10.7 Å². The van der Waals surface area contributed by atoms with E-state index in [0.29, 0.717) is 27.7 Å². The van der Waals surface area contributed by atoms with Gasteiger partial charge in [0.25, 0.3) is 5.56 Å². The Labute approximate surface area is 166 Å². The van der Waals surface area contributed by atoms with Crippen molar-refractivity contribution in [3.63, 3.8) is 0 Å². The zero-order chi connectivity index (χ0) is 19.4. The Bertz CT molecular complexity index is 1150. The first-order valence-corrected chi connectivity index (χ1v) is 10.4. The lowest BCUT2D eigenvalue weighted by Gasteiger charge is -2.20. The van der Waals surface area contributed by atoms with E-state index in [1.807, 2.05) is 37.1 Å². The molecule has 2 aromatic heterocycles. The zero-order valence-corrected chi connectivity index (χ0v) is 16.7. The number of allylic oxidation sites excluding steroid dienone is 3. The van der Waals surface area contributed by atoms with Gasteiger partial charge in [-0.15, -0.1) is 16.0 Å². The molecule has 0 amide bonds. The van der Waals surface area contributed by atoms with Crippen LogP contribution in [0.25, 0.3) is 10.5 Å². The van der Waals surface area contributed by atoms with E-state index in [-0.39, 0.29) is 17.3 Å². The quantitative estimate of drug-likeness (QED) is 0.749. The van der Waals surface area contributed by atoms with E-state index in [0.717, 1.165) is 31.6 Å². The molecule has 8 heteroatoms. The summed E-state index contributed by atoms with van der Waals surface area (Å²) in [7, 11) is 1.90. The van der Waals surface area contributed by atoms with Crippen LogP contribution in [0.4, 0.5) is 0 Å². The Morgan fingerprint density at radius 3 is 2.86 bits per heavy atom. The number of hydrogen-bond acceptors (Lipinski definition) is 6. The minimum atomic E-state index is -0.136. The number of carbonyl (C=O) groups is 1. The Morgan fingerprint density at radius 1 is 1.29 bits per heavy atom. The standard InChI is InChI=1S/C20H21N5O2S/c1-11-18-13(9-24(2)23-18)7-14(19(11)27)15-8-17(26)25-10-16(28-20(25)22-15)12-3-5-21-6-4-12/h7-10,12-13,21H,3-6H2,1-2H3/p+1. The first-order chi connectivity index (χ1) is 13.5. The Balaban J connectivity index is 1.57. The summed E-state index contributed by atoms with van der Waals surface area (Å²) in [6, 6.07) is 1.49. The number of hydrazine groups is 1. The van der Waals surface area contributed by atoms with Crippen molar-refractivity contribution in [1.29, 1.82) is 0 Å². The third-order valence-corrected chi connectivity index (χ3v) is 6.90. The lowest BCUT2D eigenvalue weighted by atomic mass is 9.87. The Morgan fingerprint density at radius 2 is 2.07 bits per heavy atom. The van der Waals surface area contributed by atoms with E-state index >= 15 is 0 Å². The molecule has 2 aromatic rings. The van der Waals surface area contributed by atoms with Crippen LogP contribution in [-0.2, 0) is 4.79 Å². The third kappa shape index (κ3) is 2.75. The molecule has 1 fully saturated rings. The van der Waals surface area contributed by atoms with Crippen molar-refractivity contribution in [2.24, 2.45) is 5.92 Å². The van der Waals surface area contributed by atoms with Crippen LogP contribution in [0.5, 0.6) is 0 Å². The van der Waals surface area contributed by atoms with Gasteiger partial charge in [-0.05, 0) is 38.8 Å². The van der Waals surface area contributed by atoms with Gasteiger partial charge in [-0.25, -0.2) is 4.98 Å². The molecule has 7 nitrogen and oxygen atoms in total. The molecule has 28 heavy (non-hydrogen) atoms. The second-order valence-electron chi connectivity index (χ2n) is 7.64. The van der Waals surface area contributed by atoms with Gasteiger partial charge in [0.15, 0.2) is 24.0 Å². The van der Waals surface area contributed by atoms with E-state index in [1.165, 1.54) is 10.9 Å². The van der Waals surface area contributed by atoms with Gasteiger partial charge in [-0.2, -0.15) is 5.43 Å². The van der Waals surface area contributed by atoms with Crippen molar-refractivity contribution in [1.82, 2.24) is 20.1 Å². The van der Waals surface area contributed by atoms with Gasteiger partial charge in [-0.1, -0.05) is 6.08 Å². The molecule has 5 rings (SSSR count). The van der Waals surface area contributed by atoms with Crippen LogP contribution in [0.1, 0.15) is 36.3 Å². The van der Waals surface area contributed by atoms with Crippen LogP contribution >= 0.6 is 11.3 Å². The first kappa shape index (κ1) is 17.5. The summed E-state index contributed by atoms with van der Waals surface area (Å²) in [5.74, 6) is 0.397. The van der Waals surface area contributed by atoms with Crippen molar-refractivity contribution in [2.75, 3.05) is 20.1 Å². The molecule has 0 saturated carbocycles. The predicted molar refractivity (Wildman–Crippen MR) is 109 cm³/mol. The molecule has 144 valence electrons. The normalized spacial score (nSPS) is 22.9. The number of carbonyl (C=O) groups excluding carboxylic acids is 1. The maximum absolute atomic E-state index is 12.9. The van der Waals surface area contributed by atoms with Crippen molar-refractivity contribution in [3.8, 4) is 0 Å². The van der Waals surface area contributed by atoms with Gasteiger partial charge in [0.05, 0.1) is 11.4 Å². The maximum Gasteiger partial charge on any atom is 0.259 e. The summed E-state index contributed by atoms with van der Waals surface area (Å²) < 4.78 is 3.47. The molecular weight excluding hydrogens is 374 g/mol. The molecule has 1 atom stereocenters. The molecule has 0 spiro atoms.